The number of nitrogens with zero attached hydrogens (tertiary/aromatic N) is 3. The van der Waals surface area contributed by atoms with Crippen molar-refractivity contribution in [2.75, 3.05) is 11.8 Å². The van der Waals surface area contributed by atoms with Crippen LogP contribution in [0.2, 0.25) is 5.15 Å². The van der Waals surface area contributed by atoms with Gasteiger partial charge < -0.3 is 4.74 Å². The van der Waals surface area contributed by atoms with Gasteiger partial charge in [-0.3, -0.25) is 9.40 Å². The van der Waals surface area contributed by atoms with Crippen LogP contribution in [0.4, 0.5) is 5.69 Å². The minimum absolute atomic E-state index is 0.0440. The van der Waals surface area contributed by atoms with Gasteiger partial charge in [-0.15, -0.1) is 0 Å². The second-order valence-corrected chi connectivity index (χ2v) is 6.00. The first kappa shape index (κ1) is 14.6. The lowest BCUT2D eigenvalue weighted by molar-refractivity contribution is 0.398. The van der Waals surface area contributed by atoms with E-state index in [1.807, 2.05) is 0 Å². The number of hydrogen-bond acceptors (Lipinski definition) is 5. The summed E-state index contributed by atoms with van der Waals surface area (Å²) >= 11 is 5.96. The van der Waals surface area contributed by atoms with Gasteiger partial charge in [0.05, 0.1) is 24.7 Å². The molecule has 0 aromatic carbocycles. The van der Waals surface area contributed by atoms with Gasteiger partial charge in [-0.2, -0.15) is 5.10 Å². The van der Waals surface area contributed by atoms with Crippen LogP contribution in [0.1, 0.15) is 5.69 Å². The van der Waals surface area contributed by atoms with Crippen molar-refractivity contribution in [2.24, 2.45) is 7.05 Å². The van der Waals surface area contributed by atoms with Crippen molar-refractivity contribution < 1.29 is 13.2 Å². The number of methoxy groups -OCH3 is 1. The Morgan fingerprint density at radius 3 is 2.55 bits per heavy atom. The number of sulfonamides is 1. The molecule has 0 bridgehead atoms. The molecule has 9 heteroatoms. The molecule has 2 aromatic heterocycles. The average Bonchev–Trinajstić information content (AvgIpc) is 2.64. The molecule has 2 heterocycles. The molecule has 0 aliphatic heterocycles. The van der Waals surface area contributed by atoms with E-state index in [2.05, 4.69) is 14.8 Å². The second kappa shape index (κ2) is 5.29. The van der Waals surface area contributed by atoms with Crippen molar-refractivity contribution in [2.45, 2.75) is 11.8 Å². The number of aromatic nitrogens is 3. The molecule has 0 radical (unpaired) electrons. The van der Waals surface area contributed by atoms with E-state index in [9.17, 15) is 8.42 Å². The predicted octanol–water partition coefficient (Wildman–Crippen LogP) is 1.59. The van der Waals surface area contributed by atoms with Crippen LogP contribution in [0.25, 0.3) is 0 Å². The highest BCUT2D eigenvalue weighted by Crippen LogP contribution is 2.26. The third-order valence-electron chi connectivity index (χ3n) is 2.57. The van der Waals surface area contributed by atoms with E-state index < -0.39 is 10.0 Å². The molecule has 20 heavy (non-hydrogen) atoms. The first-order valence-electron chi connectivity index (χ1n) is 5.57. The van der Waals surface area contributed by atoms with Crippen LogP contribution in [0.3, 0.4) is 0 Å². The Morgan fingerprint density at radius 1 is 1.40 bits per heavy atom. The first-order chi connectivity index (χ1) is 9.35. The molecule has 1 N–H and O–H groups in total. The molecule has 0 saturated heterocycles. The van der Waals surface area contributed by atoms with Crippen LogP contribution < -0.4 is 9.46 Å². The van der Waals surface area contributed by atoms with Gasteiger partial charge in [-0.1, -0.05) is 11.6 Å². The molecular formula is C11H13ClN4O3S. The zero-order valence-corrected chi connectivity index (χ0v) is 12.7. The summed E-state index contributed by atoms with van der Waals surface area (Å²) in [7, 11) is -0.770. The predicted molar refractivity (Wildman–Crippen MR) is 74.6 cm³/mol. The standard InChI is InChI=1S/C11H13ClN4O3S/c1-7-10(11(12)16(2)14-7)20(17,18)15-8-4-5-9(19-3)13-6-8/h4-6,15H,1-3H3. The lowest BCUT2D eigenvalue weighted by Crippen LogP contribution is -2.14. The minimum atomic E-state index is -3.82. The Kier molecular flexibility index (Phi) is 3.87. The summed E-state index contributed by atoms with van der Waals surface area (Å²) in [5.41, 5.74) is 0.636. The minimum Gasteiger partial charge on any atom is -0.481 e. The van der Waals surface area contributed by atoms with Crippen molar-refractivity contribution in [3.05, 3.63) is 29.2 Å². The Morgan fingerprint density at radius 2 is 2.10 bits per heavy atom. The van der Waals surface area contributed by atoms with Gasteiger partial charge in [0.15, 0.2) is 0 Å². The van der Waals surface area contributed by atoms with Crippen LogP contribution in [0.15, 0.2) is 23.2 Å². The number of ether oxygens (including phenoxy) is 1. The zero-order chi connectivity index (χ0) is 14.9. The molecule has 7 nitrogen and oxygen atoms in total. The molecular weight excluding hydrogens is 304 g/mol. The first-order valence-corrected chi connectivity index (χ1v) is 7.43. The third-order valence-corrected chi connectivity index (χ3v) is 4.64. The normalized spacial score (nSPS) is 11.4. The van der Waals surface area contributed by atoms with Gasteiger partial charge in [0.25, 0.3) is 10.0 Å². The number of aryl methyl sites for hydroxylation is 2. The molecule has 2 aromatic rings. The molecule has 108 valence electrons. The van der Waals surface area contributed by atoms with Crippen LogP contribution >= 0.6 is 11.6 Å². The van der Waals surface area contributed by atoms with Crippen molar-refractivity contribution in [3.63, 3.8) is 0 Å². The number of pyridine rings is 1. The fraction of sp³-hybridized carbons (Fsp3) is 0.273. The van der Waals surface area contributed by atoms with Crippen LogP contribution in [0, 0.1) is 6.92 Å². The smallest absolute Gasteiger partial charge is 0.266 e. The van der Waals surface area contributed by atoms with E-state index in [1.165, 1.54) is 18.0 Å². The summed E-state index contributed by atoms with van der Waals surface area (Å²) in [6.07, 6.45) is 1.36. The number of hydrogen-bond donors (Lipinski definition) is 1. The summed E-state index contributed by atoms with van der Waals surface area (Å²) in [5, 5.41) is 4.03. The van der Waals surface area contributed by atoms with E-state index >= 15 is 0 Å². The lowest BCUT2D eigenvalue weighted by atomic mass is 10.4. The molecule has 0 saturated carbocycles. The zero-order valence-electron chi connectivity index (χ0n) is 11.1. The van der Waals surface area contributed by atoms with Gasteiger partial charge in [-0.25, -0.2) is 13.4 Å². The summed E-state index contributed by atoms with van der Waals surface area (Å²) in [6.45, 7) is 1.58. The fourth-order valence-electron chi connectivity index (χ4n) is 1.68. The highest BCUT2D eigenvalue weighted by Gasteiger charge is 2.25. The van der Waals surface area contributed by atoms with E-state index in [4.69, 9.17) is 16.3 Å². The van der Waals surface area contributed by atoms with Crippen molar-refractivity contribution in [1.29, 1.82) is 0 Å². The number of nitrogens with one attached hydrogen (secondary N) is 1. The highest BCUT2D eigenvalue weighted by atomic mass is 35.5. The van der Waals surface area contributed by atoms with Gasteiger partial charge in [-0.05, 0) is 13.0 Å². The summed E-state index contributed by atoms with van der Waals surface area (Å²) in [6, 6.07) is 3.10. The van der Waals surface area contributed by atoms with E-state index in [0.29, 0.717) is 17.3 Å². The Balaban J connectivity index is 2.35. The van der Waals surface area contributed by atoms with Crippen LogP contribution in [-0.4, -0.2) is 30.3 Å². The Labute approximate surface area is 121 Å². The molecule has 0 aliphatic rings. The Bertz CT molecular complexity index is 725. The molecule has 0 spiro atoms. The quantitative estimate of drug-likeness (QED) is 0.925. The van der Waals surface area contributed by atoms with Gasteiger partial charge >= 0.3 is 0 Å². The van der Waals surface area contributed by atoms with Crippen molar-refractivity contribution >= 4 is 27.3 Å². The maximum atomic E-state index is 12.3. The molecule has 0 aliphatic carbocycles. The SMILES string of the molecule is COc1ccc(NS(=O)(=O)c2c(C)nn(C)c2Cl)cn1. The topological polar surface area (TPSA) is 86.1 Å². The molecule has 0 unspecified atom stereocenters. The average molecular weight is 317 g/mol. The van der Waals surface area contributed by atoms with Crippen LogP contribution in [0.5, 0.6) is 5.88 Å². The molecule has 0 amide bonds. The maximum absolute atomic E-state index is 12.3. The number of rotatable bonds is 4. The summed E-state index contributed by atoms with van der Waals surface area (Å²) in [5.74, 6) is 0.392. The molecule has 0 atom stereocenters. The largest absolute Gasteiger partial charge is 0.481 e. The number of halogens is 1. The maximum Gasteiger partial charge on any atom is 0.266 e. The Hall–Kier alpha value is -1.80. The molecule has 0 fully saturated rings. The van der Waals surface area contributed by atoms with E-state index in [1.54, 1.807) is 26.1 Å². The summed E-state index contributed by atoms with van der Waals surface area (Å²) in [4.78, 5) is 3.88. The fourth-order valence-corrected chi connectivity index (χ4v) is 3.48. The van der Waals surface area contributed by atoms with Crippen LogP contribution in [-0.2, 0) is 17.1 Å². The monoisotopic (exact) mass is 316 g/mol. The van der Waals surface area contributed by atoms with Crippen molar-refractivity contribution in [1.82, 2.24) is 14.8 Å². The van der Waals surface area contributed by atoms with Gasteiger partial charge in [0.1, 0.15) is 10.0 Å². The highest BCUT2D eigenvalue weighted by molar-refractivity contribution is 7.92. The summed E-state index contributed by atoms with van der Waals surface area (Å²) < 4.78 is 33.2. The second-order valence-electron chi connectivity index (χ2n) is 4.02. The lowest BCUT2D eigenvalue weighted by Gasteiger charge is -2.08. The van der Waals surface area contributed by atoms with E-state index in [0.717, 1.165) is 0 Å². The van der Waals surface area contributed by atoms with Gasteiger partial charge in [0, 0.05) is 13.1 Å². The van der Waals surface area contributed by atoms with Gasteiger partial charge in [0.2, 0.25) is 5.88 Å². The third kappa shape index (κ3) is 2.70. The number of anilines is 1. The van der Waals surface area contributed by atoms with E-state index in [-0.39, 0.29) is 10.0 Å². The van der Waals surface area contributed by atoms with Crippen molar-refractivity contribution in [3.8, 4) is 5.88 Å². The molecule has 2 rings (SSSR count).